The van der Waals surface area contributed by atoms with E-state index in [-0.39, 0.29) is 5.78 Å². The van der Waals surface area contributed by atoms with Crippen molar-refractivity contribution in [3.05, 3.63) is 120 Å². The number of rotatable bonds is 9. The van der Waals surface area contributed by atoms with Gasteiger partial charge in [0.05, 0.1) is 18.4 Å². The zero-order valence-corrected chi connectivity index (χ0v) is 20.2. The first-order valence-electron chi connectivity index (χ1n) is 11.7. The maximum absolute atomic E-state index is 12.9. The highest BCUT2D eigenvalue weighted by molar-refractivity contribution is 6.04. The molecular weight excluding hydrogens is 452 g/mol. The molecule has 182 valence electrons. The lowest BCUT2D eigenvalue weighted by Gasteiger charge is -2.24. The third-order valence-corrected chi connectivity index (χ3v) is 5.67. The molecule has 0 saturated carbocycles. The second kappa shape index (κ2) is 11.7. The van der Waals surface area contributed by atoms with Crippen LogP contribution in [0.15, 0.2) is 103 Å². The average Bonchev–Trinajstić information content (AvgIpc) is 2.93. The fraction of sp³-hybridized carbons (Fsp3) is 0.133. The summed E-state index contributed by atoms with van der Waals surface area (Å²) in [4.78, 5) is 25.7. The summed E-state index contributed by atoms with van der Waals surface area (Å²) in [5.41, 5.74) is 3.27. The van der Waals surface area contributed by atoms with Gasteiger partial charge in [-0.15, -0.1) is 0 Å². The lowest BCUT2D eigenvalue weighted by Crippen LogP contribution is -2.21. The number of ketones is 1. The van der Waals surface area contributed by atoms with Crippen LogP contribution in [0.3, 0.4) is 0 Å². The highest BCUT2D eigenvalue weighted by atomic mass is 16.5. The molecule has 0 aromatic heterocycles. The van der Waals surface area contributed by atoms with E-state index in [9.17, 15) is 9.59 Å². The standard InChI is InChI=1S/C30H28N2O4/c1-3-27(33)25-15-10-16-26(32-30(34)31-23-17-19-24(35-2)20-18-23)29(25)36-28(21-11-6-4-7-12-21)22-13-8-5-9-14-22/h4-20,28H,3H2,1-2H3,(H2,31,32,34). The number of carbonyl (C=O) groups excluding carboxylic acids is 2. The predicted molar refractivity (Wildman–Crippen MR) is 142 cm³/mol. The first-order chi connectivity index (χ1) is 17.6. The van der Waals surface area contributed by atoms with Gasteiger partial charge < -0.3 is 20.1 Å². The van der Waals surface area contributed by atoms with Crippen LogP contribution in [0.4, 0.5) is 16.2 Å². The fourth-order valence-corrected chi connectivity index (χ4v) is 3.83. The number of para-hydroxylation sites is 1. The molecule has 0 bridgehead atoms. The molecule has 0 atom stereocenters. The maximum Gasteiger partial charge on any atom is 0.323 e. The van der Waals surface area contributed by atoms with E-state index in [1.54, 1.807) is 56.5 Å². The Labute approximate surface area is 210 Å². The molecule has 0 aliphatic heterocycles. The van der Waals surface area contributed by atoms with E-state index in [4.69, 9.17) is 9.47 Å². The van der Waals surface area contributed by atoms with Gasteiger partial charge in [-0.05, 0) is 47.5 Å². The van der Waals surface area contributed by atoms with Crippen LogP contribution in [-0.4, -0.2) is 18.9 Å². The fourth-order valence-electron chi connectivity index (χ4n) is 3.83. The summed E-state index contributed by atoms with van der Waals surface area (Å²) in [6.45, 7) is 1.80. The van der Waals surface area contributed by atoms with Crippen molar-refractivity contribution >= 4 is 23.2 Å². The maximum atomic E-state index is 12.9. The van der Waals surface area contributed by atoms with E-state index >= 15 is 0 Å². The molecule has 4 rings (SSSR count). The molecule has 4 aromatic rings. The van der Waals surface area contributed by atoms with E-state index in [0.29, 0.717) is 34.9 Å². The number of carbonyl (C=O) groups is 2. The zero-order valence-electron chi connectivity index (χ0n) is 20.2. The third-order valence-electron chi connectivity index (χ3n) is 5.67. The van der Waals surface area contributed by atoms with Gasteiger partial charge in [-0.3, -0.25) is 4.79 Å². The van der Waals surface area contributed by atoms with Crippen LogP contribution in [0, 0.1) is 0 Å². The van der Waals surface area contributed by atoms with Crippen molar-refractivity contribution in [1.82, 2.24) is 0 Å². The minimum absolute atomic E-state index is 0.0796. The van der Waals surface area contributed by atoms with Crippen LogP contribution in [0.1, 0.15) is 40.9 Å². The van der Waals surface area contributed by atoms with E-state index in [1.807, 2.05) is 60.7 Å². The Morgan fingerprint density at radius 2 is 1.36 bits per heavy atom. The molecule has 0 heterocycles. The summed E-state index contributed by atoms with van der Waals surface area (Å²) >= 11 is 0. The quantitative estimate of drug-likeness (QED) is 0.251. The monoisotopic (exact) mass is 480 g/mol. The number of methoxy groups -OCH3 is 1. The Balaban J connectivity index is 1.68. The average molecular weight is 481 g/mol. The predicted octanol–water partition coefficient (Wildman–Crippen LogP) is 7.10. The molecule has 6 heteroatoms. The third kappa shape index (κ3) is 5.91. The number of nitrogens with one attached hydrogen (secondary N) is 2. The smallest absolute Gasteiger partial charge is 0.323 e. The molecule has 36 heavy (non-hydrogen) atoms. The highest BCUT2D eigenvalue weighted by Crippen LogP contribution is 2.36. The van der Waals surface area contributed by atoms with Crippen LogP contribution in [0.2, 0.25) is 0 Å². The van der Waals surface area contributed by atoms with Crippen molar-refractivity contribution in [3.63, 3.8) is 0 Å². The van der Waals surface area contributed by atoms with Crippen LogP contribution >= 0.6 is 0 Å². The number of urea groups is 1. The topological polar surface area (TPSA) is 76.7 Å². The molecule has 0 aliphatic carbocycles. The molecule has 0 fully saturated rings. The second-order valence-electron chi connectivity index (χ2n) is 8.09. The minimum Gasteiger partial charge on any atom is -0.497 e. The molecule has 0 saturated heterocycles. The van der Waals surface area contributed by atoms with E-state index in [2.05, 4.69) is 10.6 Å². The van der Waals surface area contributed by atoms with E-state index in [1.165, 1.54) is 0 Å². The number of hydrogen-bond donors (Lipinski definition) is 2. The van der Waals surface area contributed by atoms with Gasteiger partial charge in [-0.2, -0.15) is 0 Å². The minimum atomic E-state index is -0.483. The van der Waals surface area contributed by atoms with Crippen molar-refractivity contribution in [1.29, 1.82) is 0 Å². The van der Waals surface area contributed by atoms with Gasteiger partial charge in [0.2, 0.25) is 0 Å². The van der Waals surface area contributed by atoms with Gasteiger partial charge in [-0.1, -0.05) is 73.7 Å². The van der Waals surface area contributed by atoms with Gasteiger partial charge in [0.15, 0.2) is 11.5 Å². The van der Waals surface area contributed by atoms with Crippen LogP contribution in [0.5, 0.6) is 11.5 Å². The number of benzene rings is 4. The molecule has 2 amide bonds. The summed E-state index contributed by atoms with van der Waals surface area (Å²) in [6, 6.07) is 31.3. The first kappa shape index (κ1) is 24.5. The first-order valence-corrected chi connectivity index (χ1v) is 11.7. The van der Waals surface area contributed by atoms with E-state index < -0.39 is 12.1 Å². The van der Waals surface area contributed by atoms with Gasteiger partial charge in [0, 0.05) is 12.1 Å². The lowest BCUT2D eigenvalue weighted by molar-refractivity contribution is 0.0982. The number of amides is 2. The van der Waals surface area contributed by atoms with Gasteiger partial charge in [-0.25, -0.2) is 4.79 Å². The van der Waals surface area contributed by atoms with E-state index in [0.717, 1.165) is 11.1 Å². The zero-order chi connectivity index (χ0) is 25.3. The van der Waals surface area contributed by atoms with Crippen LogP contribution in [-0.2, 0) is 0 Å². The normalized spacial score (nSPS) is 10.5. The Morgan fingerprint density at radius 3 is 1.92 bits per heavy atom. The SMILES string of the molecule is CCC(=O)c1cccc(NC(=O)Nc2ccc(OC)cc2)c1OC(c1ccccc1)c1ccccc1. The number of hydrogen-bond acceptors (Lipinski definition) is 4. The molecule has 2 N–H and O–H groups in total. The highest BCUT2D eigenvalue weighted by Gasteiger charge is 2.23. The molecular formula is C30H28N2O4. The summed E-state index contributed by atoms with van der Waals surface area (Å²) < 4.78 is 11.7. The van der Waals surface area contributed by atoms with Gasteiger partial charge >= 0.3 is 6.03 Å². The van der Waals surface area contributed by atoms with Crippen molar-refractivity contribution in [2.24, 2.45) is 0 Å². The number of ether oxygens (including phenoxy) is 2. The largest absolute Gasteiger partial charge is 0.497 e. The Kier molecular flexibility index (Phi) is 7.98. The van der Waals surface area contributed by atoms with Crippen molar-refractivity contribution in [3.8, 4) is 11.5 Å². The summed E-state index contributed by atoms with van der Waals surface area (Å²) in [5, 5.41) is 5.66. The molecule has 0 radical (unpaired) electrons. The second-order valence-corrected chi connectivity index (χ2v) is 8.09. The molecule has 0 spiro atoms. The Bertz CT molecular complexity index is 1270. The Hall–Kier alpha value is -4.58. The van der Waals surface area contributed by atoms with Gasteiger partial charge in [0.1, 0.15) is 11.9 Å². The molecule has 6 nitrogen and oxygen atoms in total. The van der Waals surface area contributed by atoms with Crippen LogP contribution in [0.25, 0.3) is 0 Å². The number of Topliss-reactive ketones (excluding diaryl/α,β-unsaturated/α-hetero) is 1. The van der Waals surface area contributed by atoms with Crippen molar-refractivity contribution in [2.45, 2.75) is 19.4 Å². The molecule has 4 aromatic carbocycles. The summed E-state index contributed by atoms with van der Waals surface area (Å²) in [5.74, 6) is 0.936. The molecule has 0 unspecified atom stereocenters. The van der Waals surface area contributed by atoms with Crippen molar-refractivity contribution < 1.29 is 19.1 Å². The number of anilines is 2. The summed E-state index contributed by atoms with van der Waals surface area (Å²) in [7, 11) is 1.58. The summed E-state index contributed by atoms with van der Waals surface area (Å²) in [6.07, 6.45) is -0.178. The van der Waals surface area contributed by atoms with Crippen LogP contribution < -0.4 is 20.1 Å². The lowest BCUT2D eigenvalue weighted by atomic mass is 10.0. The molecule has 0 aliphatic rings. The van der Waals surface area contributed by atoms with Crippen molar-refractivity contribution in [2.75, 3.05) is 17.7 Å². The van der Waals surface area contributed by atoms with Gasteiger partial charge in [0.25, 0.3) is 0 Å². The Morgan fingerprint density at radius 1 is 0.750 bits per heavy atom.